The second-order valence-electron chi connectivity index (χ2n) is 4.01. The van der Waals surface area contributed by atoms with Gasteiger partial charge in [-0.25, -0.2) is 4.98 Å². The molecule has 0 spiro atoms. The zero-order chi connectivity index (χ0) is 12.3. The molecule has 0 aliphatic rings. The van der Waals surface area contributed by atoms with Crippen LogP contribution in [0.15, 0.2) is 18.5 Å². The molecule has 0 fully saturated rings. The smallest absolute Gasteiger partial charge is 0.144 e. The molecule has 0 saturated carbocycles. The lowest BCUT2D eigenvalue weighted by Gasteiger charge is -2.05. The zero-order valence-corrected chi connectivity index (χ0v) is 10.4. The summed E-state index contributed by atoms with van der Waals surface area (Å²) in [7, 11) is 0. The van der Waals surface area contributed by atoms with Gasteiger partial charge in [-0.1, -0.05) is 0 Å². The number of hydrogen-bond acceptors (Lipinski definition) is 4. The van der Waals surface area contributed by atoms with Crippen LogP contribution in [0.1, 0.15) is 24.0 Å². The van der Waals surface area contributed by atoms with E-state index in [1.807, 2.05) is 25.5 Å². The van der Waals surface area contributed by atoms with Crippen LogP contribution in [-0.4, -0.2) is 26.3 Å². The van der Waals surface area contributed by atoms with Gasteiger partial charge in [-0.15, -0.1) is 0 Å². The average molecular weight is 231 g/mol. The van der Waals surface area contributed by atoms with E-state index in [1.54, 1.807) is 12.4 Å². The predicted molar refractivity (Wildman–Crippen MR) is 67.0 cm³/mol. The third-order valence-electron chi connectivity index (χ3n) is 2.48. The lowest BCUT2D eigenvalue weighted by molar-refractivity contribution is 0.644. The first-order valence-electron chi connectivity index (χ1n) is 5.75. The van der Waals surface area contributed by atoms with Crippen LogP contribution in [0, 0.1) is 13.8 Å². The van der Waals surface area contributed by atoms with Crippen molar-refractivity contribution in [3.8, 4) is 0 Å². The van der Waals surface area contributed by atoms with Gasteiger partial charge < -0.3 is 5.32 Å². The van der Waals surface area contributed by atoms with Gasteiger partial charge in [-0.2, -0.15) is 5.10 Å². The van der Waals surface area contributed by atoms with Crippen LogP contribution in [0.25, 0.3) is 0 Å². The summed E-state index contributed by atoms with van der Waals surface area (Å²) >= 11 is 0. The minimum absolute atomic E-state index is 0.666. The number of nitrogens with zero attached hydrogens (tertiary/aromatic N) is 4. The van der Waals surface area contributed by atoms with E-state index in [1.165, 1.54) is 0 Å². The van der Waals surface area contributed by atoms with E-state index < -0.39 is 0 Å². The van der Waals surface area contributed by atoms with Gasteiger partial charge in [0.25, 0.3) is 0 Å². The van der Waals surface area contributed by atoms with Gasteiger partial charge in [0.2, 0.25) is 0 Å². The maximum absolute atomic E-state index is 4.40. The molecule has 5 heteroatoms. The Morgan fingerprint density at radius 3 is 2.59 bits per heavy atom. The summed E-state index contributed by atoms with van der Waals surface area (Å²) in [5.74, 6) is 0.810. The summed E-state index contributed by atoms with van der Waals surface area (Å²) in [4.78, 5) is 8.64. The van der Waals surface area contributed by atoms with E-state index in [9.17, 15) is 0 Å². The second kappa shape index (κ2) is 4.95. The normalized spacial score (nSPS) is 10.5. The molecule has 90 valence electrons. The number of aromatic nitrogens is 4. The molecule has 2 heterocycles. The Morgan fingerprint density at radius 1 is 1.24 bits per heavy atom. The second-order valence-corrected chi connectivity index (χ2v) is 4.01. The molecule has 0 aliphatic heterocycles. The topological polar surface area (TPSA) is 55.6 Å². The van der Waals surface area contributed by atoms with Crippen molar-refractivity contribution in [2.75, 3.05) is 11.9 Å². The van der Waals surface area contributed by atoms with Crippen LogP contribution in [0.5, 0.6) is 0 Å². The predicted octanol–water partition coefficient (Wildman–Crippen LogP) is 1.77. The van der Waals surface area contributed by atoms with Crippen molar-refractivity contribution < 1.29 is 0 Å². The third kappa shape index (κ3) is 2.81. The largest absolute Gasteiger partial charge is 0.369 e. The average Bonchev–Trinajstić information content (AvgIpc) is 2.61. The molecule has 17 heavy (non-hydrogen) atoms. The van der Waals surface area contributed by atoms with Crippen molar-refractivity contribution >= 4 is 5.82 Å². The van der Waals surface area contributed by atoms with Gasteiger partial charge in [0.05, 0.1) is 30.3 Å². The molecule has 2 rings (SSSR count). The Morgan fingerprint density at radius 2 is 2.06 bits per heavy atom. The molecule has 0 atom stereocenters. The van der Waals surface area contributed by atoms with E-state index in [-0.39, 0.29) is 0 Å². The van der Waals surface area contributed by atoms with Crippen molar-refractivity contribution in [3.05, 3.63) is 35.5 Å². The summed E-state index contributed by atoms with van der Waals surface area (Å²) in [6.45, 7) is 7.58. The number of nitrogens with one attached hydrogen (secondary N) is 1. The van der Waals surface area contributed by atoms with Gasteiger partial charge in [-0.3, -0.25) is 9.67 Å². The van der Waals surface area contributed by atoms with E-state index in [0.717, 1.165) is 29.4 Å². The molecular formula is C12H17N5. The van der Waals surface area contributed by atoms with Crippen molar-refractivity contribution in [1.82, 2.24) is 19.7 Å². The van der Waals surface area contributed by atoms with E-state index in [0.29, 0.717) is 6.54 Å². The Labute approximate surface area is 101 Å². The van der Waals surface area contributed by atoms with Gasteiger partial charge >= 0.3 is 0 Å². The molecule has 0 aromatic carbocycles. The molecule has 5 nitrogen and oxygen atoms in total. The number of anilines is 1. The maximum atomic E-state index is 4.40. The SMILES string of the molecule is CCNc1cnc(Cn2nc(C)cc2C)cn1. The van der Waals surface area contributed by atoms with Crippen molar-refractivity contribution in [2.45, 2.75) is 27.3 Å². The Balaban J connectivity index is 2.11. The van der Waals surface area contributed by atoms with E-state index in [4.69, 9.17) is 0 Å². The third-order valence-corrected chi connectivity index (χ3v) is 2.48. The number of aryl methyl sites for hydroxylation is 2. The van der Waals surface area contributed by atoms with Gasteiger partial charge in [0, 0.05) is 12.2 Å². The molecule has 2 aromatic heterocycles. The molecule has 0 radical (unpaired) electrons. The highest BCUT2D eigenvalue weighted by Crippen LogP contribution is 2.06. The lowest BCUT2D eigenvalue weighted by Crippen LogP contribution is -2.07. The Hall–Kier alpha value is -1.91. The van der Waals surface area contributed by atoms with Gasteiger partial charge in [0.15, 0.2) is 0 Å². The Kier molecular flexibility index (Phi) is 3.37. The fraction of sp³-hybridized carbons (Fsp3) is 0.417. The van der Waals surface area contributed by atoms with Crippen molar-refractivity contribution in [2.24, 2.45) is 0 Å². The first-order valence-corrected chi connectivity index (χ1v) is 5.75. The van der Waals surface area contributed by atoms with Crippen LogP contribution < -0.4 is 5.32 Å². The highest BCUT2D eigenvalue weighted by Gasteiger charge is 2.03. The summed E-state index contributed by atoms with van der Waals surface area (Å²) in [6, 6.07) is 2.06. The molecule has 0 amide bonds. The van der Waals surface area contributed by atoms with E-state index >= 15 is 0 Å². The molecule has 0 aliphatic carbocycles. The zero-order valence-electron chi connectivity index (χ0n) is 10.4. The minimum atomic E-state index is 0.666. The van der Waals surface area contributed by atoms with Gasteiger partial charge in [0.1, 0.15) is 5.82 Å². The number of rotatable bonds is 4. The monoisotopic (exact) mass is 231 g/mol. The van der Waals surface area contributed by atoms with Crippen LogP contribution in [0.4, 0.5) is 5.82 Å². The van der Waals surface area contributed by atoms with Crippen LogP contribution in [-0.2, 0) is 6.54 Å². The van der Waals surface area contributed by atoms with Crippen molar-refractivity contribution in [3.63, 3.8) is 0 Å². The minimum Gasteiger partial charge on any atom is -0.369 e. The summed E-state index contributed by atoms with van der Waals surface area (Å²) < 4.78 is 1.94. The van der Waals surface area contributed by atoms with Crippen LogP contribution in [0.3, 0.4) is 0 Å². The summed E-state index contributed by atoms with van der Waals surface area (Å²) in [6.07, 6.45) is 3.54. The fourth-order valence-corrected chi connectivity index (χ4v) is 1.70. The van der Waals surface area contributed by atoms with Crippen LogP contribution >= 0.6 is 0 Å². The molecule has 0 saturated heterocycles. The summed E-state index contributed by atoms with van der Waals surface area (Å²) in [5.41, 5.74) is 3.08. The van der Waals surface area contributed by atoms with Gasteiger partial charge in [-0.05, 0) is 26.8 Å². The van der Waals surface area contributed by atoms with Crippen LogP contribution in [0.2, 0.25) is 0 Å². The lowest BCUT2D eigenvalue weighted by atomic mass is 10.4. The quantitative estimate of drug-likeness (QED) is 0.871. The molecule has 0 unspecified atom stereocenters. The molecule has 2 aromatic rings. The molecular weight excluding hydrogens is 214 g/mol. The fourth-order valence-electron chi connectivity index (χ4n) is 1.70. The Bertz CT molecular complexity index is 486. The maximum Gasteiger partial charge on any atom is 0.144 e. The summed E-state index contributed by atoms with van der Waals surface area (Å²) in [5, 5.41) is 7.52. The highest BCUT2D eigenvalue weighted by atomic mass is 15.3. The van der Waals surface area contributed by atoms with E-state index in [2.05, 4.69) is 26.4 Å². The highest BCUT2D eigenvalue weighted by molar-refractivity contribution is 5.30. The van der Waals surface area contributed by atoms with Crippen molar-refractivity contribution in [1.29, 1.82) is 0 Å². The first kappa shape index (κ1) is 11.6. The number of hydrogen-bond donors (Lipinski definition) is 1. The first-order chi connectivity index (χ1) is 8.19. The molecule has 0 bridgehead atoms. The standard InChI is InChI=1S/C12H17N5/c1-4-13-12-7-14-11(6-15-12)8-17-10(3)5-9(2)16-17/h5-7H,4,8H2,1-3H3,(H,13,15). The molecule has 1 N–H and O–H groups in total.